The lowest BCUT2D eigenvalue weighted by Gasteiger charge is -2.29. The van der Waals surface area contributed by atoms with Crippen molar-refractivity contribution in [2.45, 2.75) is 45.6 Å². The minimum absolute atomic E-state index is 0.0775. The summed E-state index contributed by atoms with van der Waals surface area (Å²) < 4.78 is 13.4. The standard InChI is InChI=1S/C28H33FN4O/c1-2-33(28(34)24-11-6-15-30-19-24)20-22-9-3-10-23(17-22)26-14-16-31-27(32-26)13-5-8-21-7-4-12-25(29)18-21/h3-4,7,9-10,12,14,16-18,24,30H,2,5-6,8,11,13,15,19-20H2,1H3/t24-/m1/s1. The Morgan fingerprint density at radius 3 is 2.76 bits per heavy atom. The molecule has 1 aliphatic rings. The molecule has 1 aromatic heterocycles. The van der Waals surface area contributed by atoms with Crippen molar-refractivity contribution in [3.8, 4) is 11.3 Å². The molecule has 34 heavy (non-hydrogen) atoms. The highest BCUT2D eigenvalue weighted by molar-refractivity contribution is 5.79. The van der Waals surface area contributed by atoms with E-state index in [4.69, 9.17) is 4.98 Å². The van der Waals surface area contributed by atoms with E-state index in [2.05, 4.69) is 22.4 Å². The first-order valence-corrected chi connectivity index (χ1v) is 12.3. The SMILES string of the molecule is CCN(Cc1cccc(-c2ccnc(CCCc3cccc(F)c3)n2)c1)C(=O)[C@@H]1CCCNC1. The highest BCUT2D eigenvalue weighted by Gasteiger charge is 2.25. The van der Waals surface area contributed by atoms with Crippen LogP contribution in [0.5, 0.6) is 0 Å². The molecular formula is C28H33FN4O. The molecule has 3 aromatic rings. The van der Waals surface area contributed by atoms with Gasteiger partial charge in [-0.2, -0.15) is 0 Å². The summed E-state index contributed by atoms with van der Waals surface area (Å²) >= 11 is 0. The Kier molecular flexibility index (Phi) is 8.36. The van der Waals surface area contributed by atoms with Gasteiger partial charge in [-0.05, 0) is 74.5 Å². The van der Waals surface area contributed by atoms with Crippen molar-refractivity contribution in [2.24, 2.45) is 5.92 Å². The summed E-state index contributed by atoms with van der Waals surface area (Å²) in [5.74, 6) is 0.903. The third-order valence-electron chi connectivity index (χ3n) is 6.40. The van der Waals surface area contributed by atoms with Gasteiger partial charge < -0.3 is 10.2 Å². The third-order valence-corrected chi connectivity index (χ3v) is 6.40. The summed E-state index contributed by atoms with van der Waals surface area (Å²) in [5.41, 5.74) is 3.99. The van der Waals surface area contributed by atoms with Crippen LogP contribution in [0.3, 0.4) is 0 Å². The number of aryl methyl sites for hydroxylation is 2. The monoisotopic (exact) mass is 460 g/mol. The van der Waals surface area contributed by atoms with E-state index in [0.717, 1.165) is 73.4 Å². The highest BCUT2D eigenvalue weighted by atomic mass is 19.1. The van der Waals surface area contributed by atoms with Crippen molar-refractivity contribution in [3.05, 3.63) is 83.6 Å². The summed E-state index contributed by atoms with van der Waals surface area (Å²) in [7, 11) is 0. The maximum absolute atomic E-state index is 13.4. The minimum Gasteiger partial charge on any atom is -0.338 e. The van der Waals surface area contributed by atoms with Gasteiger partial charge in [0.1, 0.15) is 11.6 Å². The molecule has 2 heterocycles. The van der Waals surface area contributed by atoms with Crippen molar-refractivity contribution < 1.29 is 9.18 Å². The van der Waals surface area contributed by atoms with E-state index in [9.17, 15) is 9.18 Å². The number of amides is 1. The Bertz CT molecular complexity index is 1100. The normalized spacial score (nSPS) is 15.8. The van der Waals surface area contributed by atoms with Crippen molar-refractivity contribution in [2.75, 3.05) is 19.6 Å². The van der Waals surface area contributed by atoms with Crippen LogP contribution in [0.4, 0.5) is 4.39 Å². The fraction of sp³-hybridized carbons (Fsp3) is 0.393. The molecule has 1 aliphatic heterocycles. The average Bonchev–Trinajstić information content (AvgIpc) is 2.88. The Hall–Kier alpha value is -3.12. The lowest BCUT2D eigenvalue weighted by molar-refractivity contribution is -0.136. The molecule has 0 spiro atoms. The van der Waals surface area contributed by atoms with E-state index in [1.807, 2.05) is 36.1 Å². The number of hydrogen-bond acceptors (Lipinski definition) is 4. The van der Waals surface area contributed by atoms with Gasteiger partial charge in [0.2, 0.25) is 5.91 Å². The van der Waals surface area contributed by atoms with Gasteiger partial charge in [0, 0.05) is 37.8 Å². The van der Waals surface area contributed by atoms with Gasteiger partial charge in [0.25, 0.3) is 0 Å². The number of nitrogens with zero attached hydrogens (tertiary/aromatic N) is 3. The van der Waals surface area contributed by atoms with E-state index in [1.54, 1.807) is 18.3 Å². The summed E-state index contributed by atoms with van der Waals surface area (Å²) in [6.07, 6.45) is 6.20. The van der Waals surface area contributed by atoms with Gasteiger partial charge in [-0.25, -0.2) is 14.4 Å². The number of aromatic nitrogens is 2. The van der Waals surface area contributed by atoms with E-state index >= 15 is 0 Å². The van der Waals surface area contributed by atoms with Crippen LogP contribution in [-0.2, 0) is 24.2 Å². The Morgan fingerprint density at radius 2 is 1.97 bits per heavy atom. The van der Waals surface area contributed by atoms with Crippen LogP contribution in [0.2, 0.25) is 0 Å². The molecule has 0 saturated carbocycles. The molecule has 1 saturated heterocycles. The smallest absolute Gasteiger partial charge is 0.227 e. The van der Waals surface area contributed by atoms with Crippen LogP contribution in [0.15, 0.2) is 60.8 Å². The number of carbonyl (C=O) groups is 1. The first kappa shape index (κ1) is 24.0. The molecule has 0 aliphatic carbocycles. The van der Waals surface area contributed by atoms with E-state index in [0.29, 0.717) is 13.1 Å². The van der Waals surface area contributed by atoms with Gasteiger partial charge in [-0.15, -0.1) is 0 Å². The lowest BCUT2D eigenvalue weighted by atomic mass is 9.97. The molecule has 1 fully saturated rings. The van der Waals surface area contributed by atoms with Gasteiger partial charge in [0.05, 0.1) is 11.6 Å². The Morgan fingerprint density at radius 1 is 1.12 bits per heavy atom. The average molecular weight is 461 g/mol. The molecule has 4 rings (SSSR count). The molecule has 1 amide bonds. The third kappa shape index (κ3) is 6.48. The molecule has 1 atom stereocenters. The van der Waals surface area contributed by atoms with Crippen LogP contribution in [-0.4, -0.2) is 40.4 Å². The van der Waals surface area contributed by atoms with Crippen LogP contribution in [0, 0.1) is 11.7 Å². The zero-order valence-corrected chi connectivity index (χ0v) is 19.8. The Labute approximate surface area is 201 Å². The predicted octanol–water partition coefficient (Wildman–Crippen LogP) is 4.81. The molecular weight excluding hydrogens is 427 g/mol. The fourth-order valence-electron chi connectivity index (χ4n) is 4.54. The van der Waals surface area contributed by atoms with E-state index < -0.39 is 0 Å². The molecule has 6 heteroatoms. The summed E-state index contributed by atoms with van der Waals surface area (Å²) in [6, 6.07) is 16.9. The molecule has 2 aromatic carbocycles. The first-order chi connectivity index (χ1) is 16.6. The molecule has 5 nitrogen and oxygen atoms in total. The van der Waals surface area contributed by atoms with E-state index in [1.165, 1.54) is 6.07 Å². The maximum Gasteiger partial charge on any atom is 0.227 e. The lowest BCUT2D eigenvalue weighted by Crippen LogP contribution is -2.42. The van der Waals surface area contributed by atoms with Crippen LogP contribution in [0.1, 0.15) is 43.1 Å². The number of piperidine rings is 1. The van der Waals surface area contributed by atoms with Crippen LogP contribution < -0.4 is 5.32 Å². The van der Waals surface area contributed by atoms with Crippen LogP contribution in [0.25, 0.3) is 11.3 Å². The summed E-state index contributed by atoms with van der Waals surface area (Å²) in [4.78, 5) is 24.1. The second kappa shape index (κ2) is 11.8. The molecule has 0 bridgehead atoms. The molecule has 178 valence electrons. The highest BCUT2D eigenvalue weighted by Crippen LogP contribution is 2.21. The number of hydrogen-bond donors (Lipinski definition) is 1. The predicted molar refractivity (Wildman–Crippen MR) is 133 cm³/mol. The number of nitrogens with one attached hydrogen (secondary N) is 1. The maximum atomic E-state index is 13.4. The topological polar surface area (TPSA) is 58.1 Å². The summed E-state index contributed by atoms with van der Waals surface area (Å²) in [5, 5.41) is 3.34. The number of rotatable bonds is 9. The molecule has 1 N–H and O–H groups in total. The molecule has 0 radical (unpaired) electrons. The zero-order valence-electron chi connectivity index (χ0n) is 19.8. The minimum atomic E-state index is -0.200. The quantitative estimate of drug-likeness (QED) is 0.498. The van der Waals surface area contributed by atoms with Gasteiger partial charge in [-0.3, -0.25) is 4.79 Å². The van der Waals surface area contributed by atoms with Crippen molar-refractivity contribution >= 4 is 5.91 Å². The second-order valence-electron chi connectivity index (χ2n) is 8.94. The van der Waals surface area contributed by atoms with Gasteiger partial charge >= 0.3 is 0 Å². The molecule has 0 unspecified atom stereocenters. The van der Waals surface area contributed by atoms with Crippen molar-refractivity contribution in [3.63, 3.8) is 0 Å². The fourth-order valence-corrected chi connectivity index (χ4v) is 4.54. The summed E-state index contributed by atoms with van der Waals surface area (Å²) in [6.45, 7) is 5.12. The van der Waals surface area contributed by atoms with Crippen molar-refractivity contribution in [1.82, 2.24) is 20.2 Å². The van der Waals surface area contributed by atoms with Crippen molar-refractivity contribution in [1.29, 1.82) is 0 Å². The van der Waals surface area contributed by atoms with Gasteiger partial charge in [-0.1, -0.05) is 30.3 Å². The number of benzene rings is 2. The van der Waals surface area contributed by atoms with Crippen LogP contribution >= 0.6 is 0 Å². The largest absolute Gasteiger partial charge is 0.338 e. The van der Waals surface area contributed by atoms with E-state index in [-0.39, 0.29) is 17.6 Å². The number of carbonyl (C=O) groups excluding carboxylic acids is 1. The van der Waals surface area contributed by atoms with Gasteiger partial charge in [0.15, 0.2) is 0 Å². The Balaban J connectivity index is 1.40. The number of halogens is 1. The zero-order chi connectivity index (χ0) is 23.8. The second-order valence-corrected chi connectivity index (χ2v) is 8.94. The first-order valence-electron chi connectivity index (χ1n) is 12.3.